The maximum absolute atomic E-state index is 12.6. The van der Waals surface area contributed by atoms with Crippen molar-refractivity contribution in [3.63, 3.8) is 0 Å². The van der Waals surface area contributed by atoms with E-state index in [9.17, 15) is 4.79 Å². The molecular weight excluding hydrogens is 318 g/mol. The Bertz CT molecular complexity index is 804. The highest BCUT2D eigenvalue weighted by atomic mass is 16.6. The van der Waals surface area contributed by atoms with Crippen molar-refractivity contribution in [2.24, 2.45) is 0 Å². The molecule has 130 valence electrons. The SMILES string of the molecule is CC1Oc2c(C(=O)NCC3COc4ccccc4O3)cccc2C1C. The van der Waals surface area contributed by atoms with Crippen LogP contribution in [-0.2, 0) is 0 Å². The first-order chi connectivity index (χ1) is 12.1. The minimum absolute atomic E-state index is 0.0792. The third-order valence-electron chi connectivity index (χ3n) is 4.85. The van der Waals surface area contributed by atoms with Gasteiger partial charge in [-0.05, 0) is 25.1 Å². The van der Waals surface area contributed by atoms with Gasteiger partial charge in [0.2, 0.25) is 0 Å². The minimum Gasteiger partial charge on any atom is -0.489 e. The van der Waals surface area contributed by atoms with Crippen LogP contribution in [0.25, 0.3) is 0 Å². The standard InChI is InChI=1S/C20H21NO4/c1-12-13(2)24-19-15(12)6-5-7-16(19)20(22)21-10-14-11-23-17-8-3-4-9-18(17)25-14/h3-9,12-14H,10-11H2,1-2H3,(H,21,22). The normalized spacial score (nSPS) is 23.5. The van der Waals surface area contributed by atoms with Crippen LogP contribution in [0, 0.1) is 0 Å². The second-order valence-electron chi connectivity index (χ2n) is 6.54. The molecule has 2 aromatic rings. The molecule has 2 heterocycles. The molecule has 2 aromatic carbocycles. The van der Waals surface area contributed by atoms with Crippen LogP contribution in [0.2, 0.25) is 0 Å². The number of hydrogen-bond donors (Lipinski definition) is 1. The number of para-hydroxylation sites is 3. The van der Waals surface area contributed by atoms with Gasteiger partial charge in [0.1, 0.15) is 24.6 Å². The van der Waals surface area contributed by atoms with Crippen LogP contribution in [0.3, 0.4) is 0 Å². The Balaban J connectivity index is 1.43. The molecule has 0 aromatic heterocycles. The Hall–Kier alpha value is -2.69. The molecule has 0 bridgehead atoms. The minimum atomic E-state index is -0.214. The molecule has 0 radical (unpaired) electrons. The molecule has 25 heavy (non-hydrogen) atoms. The van der Waals surface area contributed by atoms with Gasteiger partial charge in [-0.15, -0.1) is 0 Å². The molecule has 3 atom stereocenters. The van der Waals surface area contributed by atoms with Crippen molar-refractivity contribution in [1.82, 2.24) is 5.32 Å². The molecule has 0 aliphatic carbocycles. The number of carbonyl (C=O) groups is 1. The quantitative estimate of drug-likeness (QED) is 0.933. The van der Waals surface area contributed by atoms with Crippen molar-refractivity contribution in [2.45, 2.75) is 32.0 Å². The summed E-state index contributed by atoms with van der Waals surface area (Å²) < 4.78 is 17.4. The predicted octanol–water partition coefficient (Wildman–Crippen LogP) is 3.14. The van der Waals surface area contributed by atoms with E-state index in [0.717, 1.165) is 11.3 Å². The van der Waals surface area contributed by atoms with Crippen molar-refractivity contribution in [1.29, 1.82) is 0 Å². The van der Waals surface area contributed by atoms with E-state index in [0.29, 0.717) is 30.2 Å². The lowest BCUT2D eigenvalue weighted by Gasteiger charge is -2.26. The average molecular weight is 339 g/mol. The van der Waals surface area contributed by atoms with E-state index in [1.165, 1.54) is 0 Å². The van der Waals surface area contributed by atoms with Crippen LogP contribution in [0.5, 0.6) is 17.2 Å². The average Bonchev–Trinajstić information content (AvgIpc) is 2.94. The summed E-state index contributed by atoms with van der Waals surface area (Å²) in [7, 11) is 0. The fourth-order valence-electron chi connectivity index (χ4n) is 3.23. The lowest BCUT2D eigenvalue weighted by atomic mass is 9.97. The van der Waals surface area contributed by atoms with Crippen LogP contribution in [0.1, 0.15) is 35.7 Å². The van der Waals surface area contributed by atoms with Gasteiger partial charge in [0.15, 0.2) is 11.5 Å². The van der Waals surface area contributed by atoms with Gasteiger partial charge >= 0.3 is 0 Å². The van der Waals surface area contributed by atoms with Crippen molar-refractivity contribution in [3.8, 4) is 17.2 Å². The van der Waals surface area contributed by atoms with E-state index in [1.54, 1.807) is 6.07 Å². The van der Waals surface area contributed by atoms with Gasteiger partial charge in [0, 0.05) is 11.5 Å². The molecule has 2 aliphatic rings. The van der Waals surface area contributed by atoms with Crippen LogP contribution in [0.15, 0.2) is 42.5 Å². The molecule has 0 fully saturated rings. The Morgan fingerprint density at radius 2 is 1.88 bits per heavy atom. The lowest BCUT2D eigenvalue weighted by molar-refractivity contribution is 0.0786. The number of benzene rings is 2. The van der Waals surface area contributed by atoms with Gasteiger partial charge in [-0.2, -0.15) is 0 Å². The maximum atomic E-state index is 12.6. The summed E-state index contributed by atoms with van der Waals surface area (Å²) in [5.41, 5.74) is 1.66. The molecule has 4 rings (SSSR count). The van der Waals surface area contributed by atoms with Gasteiger partial charge in [-0.3, -0.25) is 4.79 Å². The van der Waals surface area contributed by atoms with Crippen molar-refractivity contribution >= 4 is 5.91 Å². The van der Waals surface area contributed by atoms with Crippen LogP contribution >= 0.6 is 0 Å². The fourth-order valence-corrected chi connectivity index (χ4v) is 3.23. The van der Waals surface area contributed by atoms with Crippen LogP contribution in [0.4, 0.5) is 0 Å². The van der Waals surface area contributed by atoms with E-state index >= 15 is 0 Å². The first kappa shape index (κ1) is 15.8. The summed E-state index contributed by atoms with van der Waals surface area (Å²) in [6, 6.07) is 13.3. The van der Waals surface area contributed by atoms with Gasteiger partial charge < -0.3 is 19.5 Å². The number of carbonyl (C=O) groups excluding carboxylic acids is 1. The second-order valence-corrected chi connectivity index (χ2v) is 6.54. The van der Waals surface area contributed by atoms with E-state index in [-0.39, 0.29) is 24.0 Å². The number of hydrogen-bond acceptors (Lipinski definition) is 4. The number of fused-ring (bicyclic) bond motifs is 2. The molecule has 0 saturated carbocycles. The molecule has 5 nitrogen and oxygen atoms in total. The van der Waals surface area contributed by atoms with Gasteiger partial charge in [0.25, 0.3) is 5.91 Å². The smallest absolute Gasteiger partial charge is 0.255 e. The number of rotatable bonds is 3. The van der Waals surface area contributed by atoms with E-state index in [1.807, 2.05) is 43.3 Å². The Morgan fingerprint density at radius 1 is 1.08 bits per heavy atom. The number of amides is 1. The fraction of sp³-hybridized carbons (Fsp3) is 0.350. The Labute approximate surface area is 146 Å². The molecule has 1 N–H and O–H groups in total. The summed E-state index contributed by atoms with van der Waals surface area (Å²) in [4.78, 5) is 12.6. The predicted molar refractivity (Wildman–Crippen MR) is 93.6 cm³/mol. The van der Waals surface area contributed by atoms with Gasteiger partial charge in [-0.25, -0.2) is 0 Å². The maximum Gasteiger partial charge on any atom is 0.255 e. The highest BCUT2D eigenvalue weighted by molar-refractivity contribution is 5.97. The van der Waals surface area contributed by atoms with E-state index in [2.05, 4.69) is 12.2 Å². The third-order valence-corrected chi connectivity index (χ3v) is 4.85. The monoisotopic (exact) mass is 339 g/mol. The summed E-state index contributed by atoms with van der Waals surface area (Å²) in [5, 5.41) is 2.93. The van der Waals surface area contributed by atoms with Crippen molar-refractivity contribution in [2.75, 3.05) is 13.2 Å². The van der Waals surface area contributed by atoms with Crippen LogP contribution in [-0.4, -0.2) is 31.3 Å². The zero-order valence-corrected chi connectivity index (χ0v) is 14.3. The summed E-state index contributed by atoms with van der Waals surface area (Å²) >= 11 is 0. The molecule has 5 heteroatoms. The Kier molecular flexibility index (Phi) is 3.99. The molecule has 2 aliphatic heterocycles. The van der Waals surface area contributed by atoms with Crippen molar-refractivity contribution in [3.05, 3.63) is 53.6 Å². The second kappa shape index (κ2) is 6.31. The topological polar surface area (TPSA) is 56.8 Å². The molecule has 1 amide bonds. The van der Waals surface area contributed by atoms with E-state index in [4.69, 9.17) is 14.2 Å². The highest BCUT2D eigenvalue weighted by Crippen LogP contribution is 2.40. The summed E-state index contributed by atoms with van der Waals surface area (Å²) in [6.07, 6.45) is -0.134. The molecule has 3 unspecified atom stereocenters. The zero-order chi connectivity index (χ0) is 17.4. The van der Waals surface area contributed by atoms with E-state index < -0.39 is 0 Å². The summed E-state index contributed by atoms with van der Waals surface area (Å²) in [5.74, 6) is 2.28. The van der Waals surface area contributed by atoms with Gasteiger partial charge in [-0.1, -0.05) is 31.2 Å². The third kappa shape index (κ3) is 2.90. The zero-order valence-electron chi connectivity index (χ0n) is 14.3. The van der Waals surface area contributed by atoms with Crippen molar-refractivity contribution < 1.29 is 19.0 Å². The Morgan fingerprint density at radius 3 is 2.72 bits per heavy atom. The summed E-state index contributed by atoms with van der Waals surface area (Å²) in [6.45, 7) is 4.93. The first-order valence-corrected chi connectivity index (χ1v) is 8.59. The first-order valence-electron chi connectivity index (χ1n) is 8.59. The van der Waals surface area contributed by atoms with Crippen LogP contribution < -0.4 is 19.5 Å². The molecule has 0 saturated heterocycles. The highest BCUT2D eigenvalue weighted by Gasteiger charge is 2.31. The molecular formula is C20H21NO4. The largest absolute Gasteiger partial charge is 0.489 e. The number of nitrogens with one attached hydrogen (secondary N) is 1. The number of ether oxygens (including phenoxy) is 3. The molecule has 0 spiro atoms. The van der Waals surface area contributed by atoms with Gasteiger partial charge in [0.05, 0.1) is 12.1 Å². The lowest BCUT2D eigenvalue weighted by Crippen LogP contribution is -2.40.